The normalized spacial score (nSPS) is 16.2. The van der Waals surface area contributed by atoms with Gasteiger partial charge >= 0.3 is 0 Å². The second-order valence-electron chi connectivity index (χ2n) is 4.22. The first-order valence-corrected chi connectivity index (χ1v) is 7.13. The SMILES string of the molecule is NC(=O)COc1coc(CN2CCSCC2)cc1=O. The number of thioether (sulfide) groups is 1. The molecule has 6 nitrogen and oxygen atoms in total. The smallest absolute Gasteiger partial charge is 0.255 e. The number of hydrogen-bond acceptors (Lipinski definition) is 6. The van der Waals surface area contributed by atoms with E-state index in [4.69, 9.17) is 14.9 Å². The Balaban J connectivity index is 1.97. The first-order valence-electron chi connectivity index (χ1n) is 5.98. The maximum atomic E-state index is 11.7. The summed E-state index contributed by atoms with van der Waals surface area (Å²) in [6.07, 6.45) is 1.24. The van der Waals surface area contributed by atoms with Crippen LogP contribution in [0.3, 0.4) is 0 Å². The lowest BCUT2D eigenvalue weighted by Crippen LogP contribution is -2.32. The van der Waals surface area contributed by atoms with Gasteiger partial charge in [-0.25, -0.2) is 0 Å². The molecule has 104 valence electrons. The Bertz CT molecular complexity index is 497. The summed E-state index contributed by atoms with van der Waals surface area (Å²) >= 11 is 1.93. The zero-order chi connectivity index (χ0) is 13.7. The van der Waals surface area contributed by atoms with Crippen molar-refractivity contribution in [2.24, 2.45) is 5.73 Å². The molecule has 2 rings (SSSR count). The fraction of sp³-hybridized carbons (Fsp3) is 0.500. The van der Waals surface area contributed by atoms with E-state index in [0.29, 0.717) is 12.3 Å². The summed E-state index contributed by atoms with van der Waals surface area (Å²) in [5.41, 5.74) is 4.64. The minimum atomic E-state index is -0.630. The van der Waals surface area contributed by atoms with Crippen molar-refractivity contribution in [1.29, 1.82) is 0 Å². The number of carbonyl (C=O) groups is 1. The molecule has 0 aromatic carbocycles. The summed E-state index contributed by atoms with van der Waals surface area (Å²) in [5.74, 6) is 2.18. The predicted molar refractivity (Wildman–Crippen MR) is 72.3 cm³/mol. The molecule has 2 heterocycles. The highest BCUT2D eigenvalue weighted by molar-refractivity contribution is 7.99. The van der Waals surface area contributed by atoms with E-state index in [0.717, 1.165) is 24.6 Å². The van der Waals surface area contributed by atoms with Crippen molar-refractivity contribution < 1.29 is 13.9 Å². The largest absolute Gasteiger partial charge is 0.477 e. The van der Waals surface area contributed by atoms with Gasteiger partial charge in [-0.15, -0.1) is 0 Å². The Hall–Kier alpha value is -1.47. The summed E-state index contributed by atoms with van der Waals surface area (Å²) in [6, 6.07) is 1.40. The molecule has 1 saturated heterocycles. The molecule has 0 saturated carbocycles. The number of primary amides is 1. The third-order valence-corrected chi connectivity index (χ3v) is 3.65. The van der Waals surface area contributed by atoms with E-state index in [1.807, 2.05) is 11.8 Å². The van der Waals surface area contributed by atoms with Crippen molar-refractivity contribution in [3.63, 3.8) is 0 Å². The Morgan fingerprint density at radius 1 is 1.47 bits per heavy atom. The molecule has 1 aromatic heterocycles. The summed E-state index contributed by atoms with van der Waals surface area (Å²) in [6.45, 7) is 2.28. The van der Waals surface area contributed by atoms with Gasteiger partial charge in [0.25, 0.3) is 5.91 Å². The monoisotopic (exact) mass is 284 g/mol. The summed E-state index contributed by atoms with van der Waals surface area (Å²) in [4.78, 5) is 24.5. The minimum Gasteiger partial charge on any atom is -0.477 e. The van der Waals surface area contributed by atoms with Gasteiger partial charge in [0.1, 0.15) is 12.0 Å². The maximum absolute atomic E-state index is 11.7. The molecule has 0 spiro atoms. The van der Waals surface area contributed by atoms with Crippen LogP contribution in [0.4, 0.5) is 0 Å². The van der Waals surface area contributed by atoms with E-state index in [-0.39, 0.29) is 17.8 Å². The Morgan fingerprint density at radius 3 is 2.84 bits per heavy atom. The topological polar surface area (TPSA) is 85.8 Å². The third-order valence-electron chi connectivity index (χ3n) is 2.71. The lowest BCUT2D eigenvalue weighted by Gasteiger charge is -2.25. The third kappa shape index (κ3) is 4.29. The van der Waals surface area contributed by atoms with Gasteiger partial charge in [0.15, 0.2) is 6.61 Å². The van der Waals surface area contributed by atoms with Gasteiger partial charge < -0.3 is 14.9 Å². The number of ether oxygens (including phenoxy) is 1. The number of nitrogens with two attached hydrogens (primary N) is 1. The molecule has 0 radical (unpaired) electrons. The van der Waals surface area contributed by atoms with Crippen LogP contribution < -0.4 is 15.9 Å². The van der Waals surface area contributed by atoms with Crippen LogP contribution in [0.25, 0.3) is 0 Å². The van der Waals surface area contributed by atoms with Crippen molar-refractivity contribution in [2.45, 2.75) is 6.54 Å². The fourth-order valence-corrected chi connectivity index (χ4v) is 2.73. The van der Waals surface area contributed by atoms with Gasteiger partial charge in [0.2, 0.25) is 11.2 Å². The number of carbonyl (C=O) groups excluding carboxylic acids is 1. The van der Waals surface area contributed by atoms with E-state index in [1.165, 1.54) is 12.3 Å². The van der Waals surface area contributed by atoms with Crippen LogP contribution in [0, 0.1) is 0 Å². The van der Waals surface area contributed by atoms with Crippen LogP contribution in [0.5, 0.6) is 5.75 Å². The van der Waals surface area contributed by atoms with E-state index in [9.17, 15) is 9.59 Å². The quantitative estimate of drug-likeness (QED) is 0.822. The second-order valence-corrected chi connectivity index (χ2v) is 5.44. The van der Waals surface area contributed by atoms with Crippen molar-refractivity contribution in [1.82, 2.24) is 4.90 Å². The second kappa shape index (κ2) is 6.63. The summed E-state index contributed by atoms with van der Waals surface area (Å²) in [5, 5.41) is 0. The van der Waals surface area contributed by atoms with Gasteiger partial charge in [0, 0.05) is 30.7 Å². The standard InChI is InChI=1S/C12H16N2O4S/c13-12(16)8-18-11-7-17-9(5-10(11)15)6-14-1-3-19-4-2-14/h5,7H,1-4,6,8H2,(H2,13,16). The molecule has 19 heavy (non-hydrogen) atoms. The fourth-order valence-electron chi connectivity index (χ4n) is 1.76. The molecular weight excluding hydrogens is 268 g/mol. The molecule has 2 N–H and O–H groups in total. The molecule has 0 atom stereocenters. The molecule has 1 amide bonds. The molecule has 1 aliphatic rings. The lowest BCUT2D eigenvalue weighted by atomic mass is 10.3. The zero-order valence-electron chi connectivity index (χ0n) is 10.5. The Labute approximate surface area is 114 Å². The van der Waals surface area contributed by atoms with Crippen molar-refractivity contribution in [2.75, 3.05) is 31.2 Å². The van der Waals surface area contributed by atoms with Crippen molar-refractivity contribution in [3.8, 4) is 5.75 Å². The van der Waals surface area contributed by atoms with Gasteiger partial charge in [-0.05, 0) is 0 Å². The Kier molecular flexibility index (Phi) is 4.86. The lowest BCUT2D eigenvalue weighted by molar-refractivity contribution is -0.119. The van der Waals surface area contributed by atoms with Gasteiger partial charge in [-0.2, -0.15) is 11.8 Å². The van der Waals surface area contributed by atoms with Gasteiger partial charge in [-0.1, -0.05) is 0 Å². The highest BCUT2D eigenvalue weighted by atomic mass is 32.2. The highest BCUT2D eigenvalue weighted by Crippen LogP contribution is 2.13. The first-order chi connectivity index (χ1) is 9.15. The van der Waals surface area contributed by atoms with Gasteiger partial charge in [0.05, 0.1) is 6.54 Å². The summed E-state index contributed by atoms with van der Waals surface area (Å²) in [7, 11) is 0. The number of hydrogen-bond donors (Lipinski definition) is 1. The van der Waals surface area contributed by atoms with Crippen LogP contribution in [-0.4, -0.2) is 42.0 Å². The van der Waals surface area contributed by atoms with Crippen LogP contribution >= 0.6 is 11.8 Å². The average Bonchev–Trinajstić information content (AvgIpc) is 2.39. The molecule has 0 bridgehead atoms. The molecular formula is C12H16N2O4S. The molecule has 7 heteroatoms. The van der Waals surface area contributed by atoms with E-state index < -0.39 is 5.91 Å². The predicted octanol–water partition coefficient (Wildman–Crippen LogP) is 0.0527. The average molecular weight is 284 g/mol. The van der Waals surface area contributed by atoms with Crippen LogP contribution in [0.2, 0.25) is 0 Å². The first kappa shape index (κ1) is 14.0. The molecule has 0 unspecified atom stereocenters. The molecule has 1 fully saturated rings. The molecule has 1 aromatic rings. The highest BCUT2D eigenvalue weighted by Gasteiger charge is 2.13. The van der Waals surface area contributed by atoms with Gasteiger partial charge in [-0.3, -0.25) is 14.5 Å². The van der Waals surface area contributed by atoms with E-state index in [1.54, 1.807) is 0 Å². The van der Waals surface area contributed by atoms with Crippen molar-refractivity contribution in [3.05, 3.63) is 28.3 Å². The molecule has 0 aliphatic carbocycles. The number of rotatable bonds is 5. The van der Waals surface area contributed by atoms with E-state index in [2.05, 4.69) is 4.90 Å². The molecule has 1 aliphatic heterocycles. The van der Waals surface area contributed by atoms with Crippen molar-refractivity contribution >= 4 is 17.7 Å². The minimum absolute atomic E-state index is 0.0109. The van der Waals surface area contributed by atoms with E-state index >= 15 is 0 Å². The number of amides is 1. The number of nitrogens with zero attached hydrogens (tertiary/aromatic N) is 1. The Morgan fingerprint density at radius 2 is 2.21 bits per heavy atom. The van der Waals surface area contributed by atoms with Crippen LogP contribution in [0.15, 0.2) is 21.5 Å². The summed E-state index contributed by atoms with van der Waals surface area (Å²) < 4.78 is 10.3. The maximum Gasteiger partial charge on any atom is 0.255 e. The van der Waals surface area contributed by atoms with Crippen LogP contribution in [-0.2, 0) is 11.3 Å². The zero-order valence-corrected chi connectivity index (χ0v) is 11.3. The van der Waals surface area contributed by atoms with Crippen LogP contribution in [0.1, 0.15) is 5.76 Å².